The second-order valence-electron chi connectivity index (χ2n) is 7.52. The number of anilines is 1. The molecule has 0 amide bonds. The largest absolute Gasteiger partial charge is 0.494 e. The van der Waals surface area contributed by atoms with Crippen molar-refractivity contribution >= 4 is 27.6 Å². The van der Waals surface area contributed by atoms with Crippen molar-refractivity contribution in [3.8, 4) is 28.7 Å². The van der Waals surface area contributed by atoms with E-state index in [1.807, 2.05) is 0 Å². The molecule has 0 saturated carbocycles. The molecule has 0 aliphatic heterocycles. The summed E-state index contributed by atoms with van der Waals surface area (Å²) in [6, 6.07) is 13.1. The molecule has 0 saturated heterocycles. The van der Waals surface area contributed by atoms with E-state index in [1.54, 1.807) is 66.5 Å². The lowest BCUT2D eigenvalue weighted by atomic mass is 10.1. The van der Waals surface area contributed by atoms with Gasteiger partial charge >= 0.3 is 0 Å². The third-order valence-electron chi connectivity index (χ3n) is 5.11. The normalized spacial score (nSPS) is 12.4. The smallest absolute Gasteiger partial charge is 0.243 e. The molecule has 1 unspecified atom stereocenters. The van der Waals surface area contributed by atoms with Crippen LogP contribution in [0.25, 0.3) is 17.2 Å². The molecule has 4 aromatic rings. The van der Waals surface area contributed by atoms with Gasteiger partial charge in [-0.1, -0.05) is 29.8 Å². The number of hydrogen-bond acceptors (Lipinski definition) is 8. The van der Waals surface area contributed by atoms with Crippen LogP contribution in [0.3, 0.4) is 0 Å². The van der Waals surface area contributed by atoms with Crippen LogP contribution in [-0.2, 0) is 17.1 Å². The molecule has 0 aliphatic carbocycles. The molecule has 0 aliphatic rings. The number of aryl methyl sites for hydroxylation is 1. The number of rotatable bonds is 9. The van der Waals surface area contributed by atoms with Crippen LogP contribution in [0.15, 0.2) is 54.7 Å². The van der Waals surface area contributed by atoms with Gasteiger partial charge in [-0.25, -0.2) is 8.42 Å². The van der Waals surface area contributed by atoms with Gasteiger partial charge in [-0.3, -0.25) is 14.0 Å². The Hall–Kier alpha value is -3.61. The van der Waals surface area contributed by atoms with Crippen LogP contribution in [0.2, 0.25) is 5.02 Å². The minimum atomic E-state index is -4.09. The zero-order valence-electron chi connectivity index (χ0n) is 19.1. The van der Waals surface area contributed by atoms with E-state index in [4.69, 9.17) is 21.1 Å². The number of sulfonamides is 1. The van der Waals surface area contributed by atoms with Crippen LogP contribution in [0.4, 0.5) is 5.95 Å². The van der Waals surface area contributed by atoms with Gasteiger partial charge in [0.15, 0.2) is 5.82 Å². The van der Waals surface area contributed by atoms with Gasteiger partial charge in [-0.2, -0.15) is 5.10 Å². The lowest BCUT2D eigenvalue weighted by molar-refractivity contribution is 0.202. The summed E-state index contributed by atoms with van der Waals surface area (Å²) in [5, 5.41) is 23.6. The Balaban J connectivity index is 1.77. The molecule has 0 fully saturated rings. The first kappa shape index (κ1) is 24.5. The third kappa shape index (κ3) is 5.24. The molecular weight excluding hydrogens is 496 g/mol. The van der Waals surface area contributed by atoms with Crippen molar-refractivity contribution in [2.45, 2.75) is 6.10 Å². The number of benzene rings is 2. The Morgan fingerprint density at radius 1 is 1.06 bits per heavy atom. The minimum Gasteiger partial charge on any atom is -0.494 e. The standard InChI is InChI=1S/C22H23ClN6O5S/c1-28-12-11-16(26-28)21-24-25-22(29(21)20-18(33-2)5-4-6-19(20)34-3)27-35(31,32)13-17(30)14-7-9-15(23)10-8-14/h4-12,17,30H,13H2,1-3H3,(H,25,27). The molecule has 2 N–H and O–H groups in total. The monoisotopic (exact) mass is 518 g/mol. The summed E-state index contributed by atoms with van der Waals surface area (Å²) in [4.78, 5) is 0. The Kier molecular flexibility index (Phi) is 6.96. The zero-order chi connectivity index (χ0) is 25.2. The molecule has 13 heteroatoms. The fraction of sp³-hybridized carbons (Fsp3) is 0.227. The molecule has 2 aromatic heterocycles. The lowest BCUT2D eigenvalue weighted by Gasteiger charge is -2.18. The van der Waals surface area contributed by atoms with E-state index in [0.717, 1.165) is 0 Å². The van der Waals surface area contributed by atoms with Crippen molar-refractivity contribution in [2.75, 3.05) is 24.7 Å². The van der Waals surface area contributed by atoms with Crippen LogP contribution in [-0.4, -0.2) is 58.0 Å². The number of aliphatic hydroxyl groups is 1. The van der Waals surface area contributed by atoms with Gasteiger partial charge in [0.25, 0.3) is 0 Å². The van der Waals surface area contributed by atoms with Gasteiger partial charge in [0.2, 0.25) is 16.0 Å². The molecule has 2 heterocycles. The van der Waals surface area contributed by atoms with Crippen LogP contribution < -0.4 is 14.2 Å². The van der Waals surface area contributed by atoms with Gasteiger partial charge in [-0.05, 0) is 35.9 Å². The molecular formula is C22H23ClN6O5S. The number of halogens is 1. The SMILES string of the molecule is COc1cccc(OC)c1-n1c(NS(=O)(=O)CC(O)c2ccc(Cl)cc2)nnc1-c1ccn(C)n1. The van der Waals surface area contributed by atoms with Gasteiger partial charge < -0.3 is 14.6 Å². The van der Waals surface area contributed by atoms with Gasteiger partial charge in [0, 0.05) is 18.3 Å². The molecule has 0 spiro atoms. The average Bonchev–Trinajstić information content (AvgIpc) is 3.43. The van der Waals surface area contributed by atoms with Crippen LogP contribution >= 0.6 is 11.6 Å². The van der Waals surface area contributed by atoms with E-state index in [-0.39, 0.29) is 11.8 Å². The topological polar surface area (TPSA) is 133 Å². The summed E-state index contributed by atoms with van der Waals surface area (Å²) in [5.41, 5.74) is 1.22. The van der Waals surface area contributed by atoms with Crippen LogP contribution in [0, 0.1) is 0 Å². The highest BCUT2D eigenvalue weighted by Crippen LogP contribution is 2.37. The molecule has 2 aromatic carbocycles. The Labute approximate surface area is 206 Å². The molecule has 4 rings (SSSR count). The maximum absolute atomic E-state index is 13.0. The highest BCUT2D eigenvalue weighted by molar-refractivity contribution is 7.92. The Morgan fingerprint density at radius 2 is 1.71 bits per heavy atom. The van der Waals surface area contributed by atoms with Gasteiger partial charge in [0.05, 0.1) is 26.1 Å². The van der Waals surface area contributed by atoms with Gasteiger partial charge in [-0.15, -0.1) is 10.2 Å². The second kappa shape index (κ2) is 9.94. The number of ether oxygens (including phenoxy) is 2. The average molecular weight is 519 g/mol. The summed E-state index contributed by atoms with van der Waals surface area (Å²) in [5.74, 6) is 0.288. The number of methoxy groups -OCH3 is 2. The Morgan fingerprint density at radius 3 is 2.29 bits per heavy atom. The third-order valence-corrected chi connectivity index (χ3v) is 6.61. The van der Waals surface area contributed by atoms with E-state index in [1.165, 1.54) is 18.8 Å². The summed E-state index contributed by atoms with van der Waals surface area (Å²) in [6.45, 7) is 0. The zero-order valence-corrected chi connectivity index (χ0v) is 20.7. The number of aliphatic hydroxyl groups excluding tert-OH is 1. The molecule has 11 nitrogen and oxygen atoms in total. The van der Waals surface area contributed by atoms with Crippen molar-refractivity contribution in [1.82, 2.24) is 24.5 Å². The fourth-order valence-corrected chi connectivity index (χ4v) is 4.71. The first-order chi connectivity index (χ1) is 16.7. The number of aromatic nitrogens is 5. The number of nitrogens with zero attached hydrogens (tertiary/aromatic N) is 5. The molecule has 0 radical (unpaired) electrons. The predicted octanol–water partition coefficient (Wildman–Crippen LogP) is 2.81. The Bertz CT molecular complexity index is 1410. The minimum absolute atomic E-state index is 0.128. The van der Waals surface area contributed by atoms with E-state index in [0.29, 0.717) is 33.5 Å². The highest BCUT2D eigenvalue weighted by Gasteiger charge is 2.27. The number of hydrogen-bond donors (Lipinski definition) is 2. The first-order valence-electron chi connectivity index (χ1n) is 10.3. The molecule has 35 heavy (non-hydrogen) atoms. The molecule has 184 valence electrons. The highest BCUT2D eigenvalue weighted by atomic mass is 35.5. The summed E-state index contributed by atoms with van der Waals surface area (Å²) in [6.07, 6.45) is 0.428. The summed E-state index contributed by atoms with van der Waals surface area (Å²) >= 11 is 5.88. The summed E-state index contributed by atoms with van der Waals surface area (Å²) in [7, 11) is 0.620. The number of nitrogens with one attached hydrogen (secondary N) is 1. The second-order valence-corrected chi connectivity index (χ2v) is 9.72. The van der Waals surface area contributed by atoms with Crippen molar-refractivity contribution in [1.29, 1.82) is 0 Å². The molecule has 0 bridgehead atoms. The van der Waals surface area contributed by atoms with Crippen molar-refractivity contribution < 1.29 is 23.0 Å². The fourth-order valence-electron chi connectivity index (χ4n) is 3.48. The predicted molar refractivity (Wildman–Crippen MR) is 130 cm³/mol. The van der Waals surface area contributed by atoms with Crippen LogP contribution in [0.1, 0.15) is 11.7 Å². The van der Waals surface area contributed by atoms with E-state index < -0.39 is 21.9 Å². The quantitative estimate of drug-likeness (QED) is 0.345. The van der Waals surface area contributed by atoms with Crippen molar-refractivity contribution in [3.05, 3.63) is 65.3 Å². The van der Waals surface area contributed by atoms with E-state index in [2.05, 4.69) is 20.0 Å². The summed E-state index contributed by atoms with van der Waals surface area (Å²) < 4.78 is 42.6. The van der Waals surface area contributed by atoms with Crippen molar-refractivity contribution in [3.63, 3.8) is 0 Å². The maximum Gasteiger partial charge on any atom is 0.243 e. The van der Waals surface area contributed by atoms with Gasteiger partial charge in [0.1, 0.15) is 22.9 Å². The first-order valence-corrected chi connectivity index (χ1v) is 12.4. The van der Waals surface area contributed by atoms with E-state index >= 15 is 0 Å². The lowest BCUT2D eigenvalue weighted by Crippen LogP contribution is -2.23. The van der Waals surface area contributed by atoms with E-state index in [9.17, 15) is 13.5 Å². The maximum atomic E-state index is 13.0. The van der Waals surface area contributed by atoms with Crippen molar-refractivity contribution in [2.24, 2.45) is 7.05 Å². The number of para-hydroxylation sites is 1. The van der Waals surface area contributed by atoms with Crippen LogP contribution in [0.5, 0.6) is 11.5 Å². The molecule has 1 atom stereocenters.